The van der Waals surface area contributed by atoms with Gasteiger partial charge in [-0.1, -0.05) is 6.42 Å². The number of hydrogen-bond donors (Lipinski definition) is 2. The van der Waals surface area contributed by atoms with E-state index in [1.807, 2.05) is 13.8 Å². The third-order valence-electron chi connectivity index (χ3n) is 4.13. The van der Waals surface area contributed by atoms with E-state index in [0.29, 0.717) is 18.1 Å². The van der Waals surface area contributed by atoms with Crippen molar-refractivity contribution in [1.29, 1.82) is 0 Å². The largest absolute Gasteiger partial charge is 0.466 e. The fraction of sp³-hybridized carbons (Fsp3) is 0.750. The molecule has 0 aromatic carbocycles. The first-order chi connectivity index (χ1) is 9.06. The van der Waals surface area contributed by atoms with E-state index < -0.39 is 0 Å². The minimum Gasteiger partial charge on any atom is -0.466 e. The molecule has 1 fully saturated rings. The molecule has 1 saturated heterocycles. The van der Waals surface area contributed by atoms with Crippen molar-refractivity contribution in [2.45, 2.75) is 71.5 Å². The molecule has 0 spiro atoms. The maximum atomic E-state index is 5.61. The fourth-order valence-corrected chi connectivity index (χ4v) is 3.22. The van der Waals surface area contributed by atoms with Gasteiger partial charge in [-0.25, -0.2) is 0 Å². The zero-order valence-corrected chi connectivity index (χ0v) is 12.8. The molecular weight excluding hydrogens is 236 g/mol. The predicted octanol–water partition coefficient (Wildman–Crippen LogP) is 3.47. The number of hydrogen-bond acceptors (Lipinski definition) is 3. The highest BCUT2D eigenvalue weighted by Crippen LogP contribution is 2.22. The molecule has 2 rings (SSSR count). The Morgan fingerprint density at radius 1 is 1.37 bits per heavy atom. The third kappa shape index (κ3) is 4.08. The summed E-state index contributed by atoms with van der Waals surface area (Å²) in [6, 6.07) is 3.73. The molecule has 0 radical (unpaired) electrons. The van der Waals surface area contributed by atoms with Crippen LogP contribution >= 0.6 is 0 Å². The van der Waals surface area contributed by atoms with Crippen LogP contribution in [0.25, 0.3) is 0 Å². The summed E-state index contributed by atoms with van der Waals surface area (Å²) in [5.41, 5.74) is 1.29. The van der Waals surface area contributed by atoms with Gasteiger partial charge in [0.05, 0.1) is 0 Å². The SMILES string of the molecule is Cc1cc(C(C)NC(C)CC2CCCCN2)c(C)o1. The van der Waals surface area contributed by atoms with Crippen molar-refractivity contribution in [1.82, 2.24) is 10.6 Å². The minimum atomic E-state index is 0.357. The van der Waals surface area contributed by atoms with E-state index in [-0.39, 0.29) is 0 Å². The van der Waals surface area contributed by atoms with E-state index in [0.717, 1.165) is 11.5 Å². The van der Waals surface area contributed by atoms with Crippen molar-refractivity contribution < 1.29 is 4.42 Å². The molecule has 3 unspecified atom stereocenters. The van der Waals surface area contributed by atoms with Crippen LogP contribution in [0, 0.1) is 13.8 Å². The van der Waals surface area contributed by atoms with Crippen molar-refractivity contribution in [3.63, 3.8) is 0 Å². The number of aryl methyl sites for hydroxylation is 2. The highest BCUT2D eigenvalue weighted by molar-refractivity contribution is 5.23. The summed E-state index contributed by atoms with van der Waals surface area (Å²) in [4.78, 5) is 0. The van der Waals surface area contributed by atoms with Gasteiger partial charge in [-0.05, 0) is 59.6 Å². The standard InChI is InChI=1S/C16H28N2O/c1-11(9-15-7-5-6-8-17-15)18-13(3)16-10-12(2)19-14(16)4/h10-11,13,15,17-18H,5-9H2,1-4H3. The Balaban J connectivity index is 1.84. The maximum absolute atomic E-state index is 5.61. The molecule has 0 amide bonds. The quantitative estimate of drug-likeness (QED) is 0.855. The van der Waals surface area contributed by atoms with Crippen LogP contribution in [-0.4, -0.2) is 18.6 Å². The van der Waals surface area contributed by atoms with Gasteiger partial charge in [0.15, 0.2) is 0 Å². The second-order valence-electron chi connectivity index (χ2n) is 6.04. The molecule has 2 heterocycles. The zero-order valence-electron chi connectivity index (χ0n) is 12.8. The summed E-state index contributed by atoms with van der Waals surface area (Å²) in [5, 5.41) is 7.32. The average molecular weight is 264 g/mol. The molecule has 2 N–H and O–H groups in total. The molecule has 3 atom stereocenters. The Hall–Kier alpha value is -0.800. The molecular formula is C16H28N2O. The van der Waals surface area contributed by atoms with Crippen molar-refractivity contribution in [2.24, 2.45) is 0 Å². The third-order valence-corrected chi connectivity index (χ3v) is 4.13. The summed E-state index contributed by atoms with van der Waals surface area (Å²) in [7, 11) is 0. The highest BCUT2D eigenvalue weighted by Gasteiger charge is 2.19. The molecule has 1 aliphatic heterocycles. The van der Waals surface area contributed by atoms with E-state index in [2.05, 4.69) is 30.5 Å². The number of nitrogens with one attached hydrogen (secondary N) is 2. The lowest BCUT2D eigenvalue weighted by Gasteiger charge is -2.28. The van der Waals surface area contributed by atoms with Gasteiger partial charge < -0.3 is 15.1 Å². The first-order valence-corrected chi connectivity index (χ1v) is 7.62. The summed E-state index contributed by atoms with van der Waals surface area (Å²) >= 11 is 0. The van der Waals surface area contributed by atoms with E-state index in [1.54, 1.807) is 0 Å². The van der Waals surface area contributed by atoms with Gasteiger partial charge in [0, 0.05) is 23.7 Å². The molecule has 19 heavy (non-hydrogen) atoms. The van der Waals surface area contributed by atoms with Gasteiger partial charge in [-0.2, -0.15) is 0 Å². The Kier molecular flexibility index (Phi) is 5.06. The number of furan rings is 1. The van der Waals surface area contributed by atoms with Gasteiger partial charge in [-0.3, -0.25) is 0 Å². The summed E-state index contributed by atoms with van der Waals surface area (Å²) in [6.45, 7) is 9.76. The second kappa shape index (κ2) is 6.58. The predicted molar refractivity (Wildman–Crippen MR) is 79.5 cm³/mol. The summed E-state index contributed by atoms with van der Waals surface area (Å²) in [5.74, 6) is 2.04. The highest BCUT2D eigenvalue weighted by atomic mass is 16.3. The Bertz CT molecular complexity index is 393. The van der Waals surface area contributed by atoms with Crippen LogP contribution < -0.4 is 10.6 Å². The van der Waals surface area contributed by atoms with Crippen LogP contribution in [-0.2, 0) is 0 Å². The first kappa shape index (κ1) is 14.6. The molecule has 3 heteroatoms. The Morgan fingerprint density at radius 2 is 2.16 bits per heavy atom. The van der Waals surface area contributed by atoms with Crippen LogP contribution in [0.2, 0.25) is 0 Å². The van der Waals surface area contributed by atoms with E-state index >= 15 is 0 Å². The monoisotopic (exact) mass is 264 g/mol. The smallest absolute Gasteiger partial charge is 0.105 e. The van der Waals surface area contributed by atoms with Crippen molar-refractivity contribution in [3.8, 4) is 0 Å². The molecule has 1 aliphatic rings. The molecule has 0 aliphatic carbocycles. The molecule has 3 nitrogen and oxygen atoms in total. The van der Waals surface area contributed by atoms with Gasteiger partial charge in [0.25, 0.3) is 0 Å². The van der Waals surface area contributed by atoms with E-state index in [4.69, 9.17) is 4.42 Å². The molecule has 1 aromatic rings. The van der Waals surface area contributed by atoms with Crippen molar-refractivity contribution in [3.05, 3.63) is 23.2 Å². The van der Waals surface area contributed by atoms with Gasteiger partial charge in [0.2, 0.25) is 0 Å². The Labute approximate surface area is 117 Å². The lowest BCUT2D eigenvalue weighted by atomic mass is 9.98. The topological polar surface area (TPSA) is 37.2 Å². The zero-order chi connectivity index (χ0) is 13.8. The van der Waals surface area contributed by atoms with E-state index in [9.17, 15) is 0 Å². The number of piperidine rings is 1. The summed E-state index contributed by atoms with van der Waals surface area (Å²) in [6.07, 6.45) is 5.24. The second-order valence-corrected chi connectivity index (χ2v) is 6.04. The summed E-state index contributed by atoms with van der Waals surface area (Å²) < 4.78 is 5.61. The maximum Gasteiger partial charge on any atom is 0.105 e. The van der Waals surface area contributed by atoms with Crippen molar-refractivity contribution >= 4 is 0 Å². The lowest BCUT2D eigenvalue weighted by Crippen LogP contribution is -2.40. The van der Waals surface area contributed by atoms with Gasteiger partial charge >= 0.3 is 0 Å². The van der Waals surface area contributed by atoms with Crippen LogP contribution in [0.4, 0.5) is 0 Å². The lowest BCUT2D eigenvalue weighted by molar-refractivity contribution is 0.333. The molecule has 0 saturated carbocycles. The molecule has 108 valence electrons. The van der Waals surface area contributed by atoms with E-state index in [1.165, 1.54) is 37.8 Å². The average Bonchev–Trinajstić information content (AvgIpc) is 2.69. The van der Waals surface area contributed by atoms with Crippen LogP contribution in [0.1, 0.15) is 62.7 Å². The minimum absolute atomic E-state index is 0.357. The molecule has 0 bridgehead atoms. The fourth-order valence-electron chi connectivity index (χ4n) is 3.22. The van der Waals surface area contributed by atoms with Crippen LogP contribution in [0.5, 0.6) is 0 Å². The van der Waals surface area contributed by atoms with Gasteiger partial charge in [0.1, 0.15) is 11.5 Å². The van der Waals surface area contributed by atoms with Gasteiger partial charge in [-0.15, -0.1) is 0 Å². The van der Waals surface area contributed by atoms with Crippen molar-refractivity contribution in [2.75, 3.05) is 6.54 Å². The number of rotatable bonds is 5. The first-order valence-electron chi connectivity index (χ1n) is 7.62. The van der Waals surface area contributed by atoms with Crippen LogP contribution in [0.3, 0.4) is 0 Å². The molecule has 1 aromatic heterocycles. The van der Waals surface area contributed by atoms with Crippen LogP contribution in [0.15, 0.2) is 10.5 Å². The normalized spacial score (nSPS) is 23.3. The Morgan fingerprint density at radius 3 is 2.74 bits per heavy atom.